The van der Waals surface area contributed by atoms with Gasteiger partial charge >= 0.3 is 0 Å². The fraction of sp³-hybridized carbons (Fsp3) is 0.123. The number of rotatable bonds is 6. The number of allylic oxidation sites excluding steroid dienone is 7. The van der Waals surface area contributed by atoms with Gasteiger partial charge in [0.15, 0.2) is 8.07 Å². The molecule has 3 heterocycles. The molecule has 0 bridgehead atoms. The maximum absolute atomic E-state index is 2.86. The first kappa shape index (κ1) is 36.4. The molecular weight excluding hydrogens is 773 g/mol. The summed E-state index contributed by atoms with van der Waals surface area (Å²) in [6.07, 6.45) is 23.4. The molecule has 1 atom stereocenters. The van der Waals surface area contributed by atoms with E-state index in [4.69, 9.17) is 0 Å². The lowest BCUT2D eigenvalue weighted by Crippen LogP contribution is -2.68. The molecule has 1 unspecified atom stereocenters. The minimum atomic E-state index is -2.86. The number of nitrogens with zero attached hydrogens (tertiary/aromatic N) is 2. The molecule has 0 radical (unpaired) electrons. The molecule has 2 nitrogen and oxygen atoms in total. The highest BCUT2D eigenvalue weighted by Crippen LogP contribution is 2.50. The second-order valence-electron chi connectivity index (χ2n) is 17.1. The lowest BCUT2D eigenvalue weighted by atomic mass is 9.88. The van der Waals surface area contributed by atoms with E-state index in [0.29, 0.717) is 5.92 Å². The Kier molecular flexibility index (Phi) is 8.72. The number of hydrogen-bond donors (Lipinski definition) is 0. The van der Waals surface area contributed by atoms with Crippen molar-refractivity contribution in [2.24, 2.45) is 5.92 Å². The van der Waals surface area contributed by atoms with Gasteiger partial charge in [-0.3, -0.25) is 0 Å². The van der Waals surface area contributed by atoms with E-state index in [-0.39, 0.29) is 0 Å². The fourth-order valence-electron chi connectivity index (χ4n) is 10.9. The molecule has 8 aromatic rings. The average molecular weight is 819 g/mol. The maximum Gasteiger partial charge on any atom is 0.176 e. The van der Waals surface area contributed by atoms with E-state index < -0.39 is 8.07 Å². The van der Waals surface area contributed by atoms with Crippen molar-refractivity contribution in [1.29, 1.82) is 0 Å². The van der Waals surface area contributed by atoms with Crippen LogP contribution in [0.3, 0.4) is 0 Å². The summed E-state index contributed by atoms with van der Waals surface area (Å²) < 4.78 is 3.94. The third kappa shape index (κ3) is 5.73. The molecule has 12 rings (SSSR count). The van der Waals surface area contributed by atoms with Crippen LogP contribution in [0.5, 0.6) is 0 Å². The third-order valence-corrected chi connectivity index (χ3v) is 19.7. The van der Waals surface area contributed by atoms with Crippen LogP contribution in [-0.4, -0.2) is 12.6 Å². The summed E-state index contributed by atoms with van der Waals surface area (Å²) in [5.41, 5.74) is 13.3. The molecule has 2 aromatic heterocycles. The van der Waals surface area contributed by atoms with Crippen molar-refractivity contribution in [2.75, 3.05) is 4.90 Å². The Balaban J connectivity index is 1.07. The first-order valence-corrected chi connectivity index (χ1v) is 24.7. The first-order valence-electron chi connectivity index (χ1n) is 21.9. The molecule has 0 saturated carbocycles. The lowest BCUT2D eigenvalue weighted by molar-refractivity contribution is 0.728. The second kappa shape index (κ2) is 14.6. The summed E-state index contributed by atoms with van der Waals surface area (Å²) >= 11 is 1.99. The highest BCUT2D eigenvalue weighted by Gasteiger charge is 2.43. The normalized spacial score (nSPS) is 16.7. The van der Waals surface area contributed by atoms with Crippen LogP contribution >= 0.6 is 11.3 Å². The zero-order valence-corrected chi connectivity index (χ0v) is 36.2. The van der Waals surface area contributed by atoms with Gasteiger partial charge in [0.25, 0.3) is 0 Å². The van der Waals surface area contributed by atoms with Gasteiger partial charge in [0, 0.05) is 55.1 Å². The zero-order valence-electron chi connectivity index (χ0n) is 34.4. The Bertz CT molecular complexity index is 3150. The molecule has 4 aliphatic rings. The molecule has 0 saturated heterocycles. The predicted octanol–water partition coefficient (Wildman–Crippen LogP) is 12.5. The molecule has 0 spiro atoms. The molecule has 1 aliphatic heterocycles. The monoisotopic (exact) mass is 818 g/mol. The number of para-hydroxylation sites is 1. The summed E-state index contributed by atoms with van der Waals surface area (Å²) in [5.74, 6) is 0.564. The highest BCUT2D eigenvalue weighted by molar-refractivity contribution is 7.19. The quantitative estimate of drug-likeness (QED) is 0.120. The number of benzene rings is 6. The van der Waals surface area contributed by atoms with Gasteiger partial charge in [-0.1, -0.05) is 170 Å². The van der Waals surface area contributed by atoms with Crippen molar-refractivity contribution in [2.45, 2.75) is 39.2 Å². The Morgan fingerprint density at radius 3 is 2.28 bits per heavy atom. The van der Waals surface area contributed by atoms with Crippen LogP contribution < -0.4 is 20.5 Å². The van der Waals surface area contributed by atoms with Crippen molar-refractivity contribution < 1.29 is 0 Å². The maximum atomic E-state index is 2.62. The van der Waals surface area contributed by atoms with E-state index >= 15 is 0 Å². The molecule has 3 aliphatic carbocycles. The summed E-state index contributed by atoms with van der Waals surface area (Å²) in [7, 11) is -2.86. The largest absolute Gasteiger partial charge is 0.336 e. The molecule has 6 aromatic carbocycles. The van der Waals surface area contributed by atoms with E-state index in [0.717, 1.165) is 32.2 Å². The first-order chi connectivity index (χ1) is 30.2. The van der Waals surface area contributed by atoms with Crippen LogP contribution in [0.1, 0.15) is 47.0 Å². The van der Waals surface area contributed by atoms with Crippen molar-refractivity contribution in [3.05, 3.63) is 220 Å². The van der Waals surface area contributed by atoms with Gasteiger partial charge in [0.2, 0.25) is 0 Å². The molecule has 0 N–H and O–H groups in total. The summed E-state index contributed by atoms with van der Waals surface area (Å²) in [5, 5.41) is 8.43. The Morgan fingerprint density at radius 1 is 0.656 bits per heavy atom. The molecule has 61 heavy (non-hydrogen) atoms. The minimum Gasteiger partial charge on any atom is -0.336 e. The van der Waals surface area contributed by atoms with E-state index in [1.807, 2.05) is 11.3 Å². The second-order valence-corrected chi connectivity index (χ2v) is 22.1. The van der Waals surface area contributed by atoms with Gasteiger partial charge in [0.05, 0.1) is 11.2 Å². The summed E-state index contributed by atoms with van der Waals surface area (Å²) in [6, 6.07) is 55.2. The van der Waals surface area contributed by atoms with Gasteiger partial charge in [-0.2, -0.15) is 0 Å². The van der Waals surface area contributed by atoms with Crippen LogP contribution in [0, 0.1) is 5.92 Å². The smallest absolute Gasteiger partial charge is 0.176 e. The number of anilines is 1. The van der Waals surface area contributed by atoms with Crippen LogP contribution in [0.2, 0.25) is 0 Å². The van der Waals surface area contributed by atoms with Crippen molar-refractivity contribution in [3.8, 4) is 16.8 Å². The number of thiophene rings is 1. The van der Waals surface area contributed by atoms with E-state index in [1.165, 1.54) is 97.2 Å². The van der Waals surface area contributed by atoms with E-state index in [1.54, 1.807) is 0 Å². The summed E-state index contributed by atoms with van der Waals surface area (Å²) in [6.45, 7) is 3.17. The van der Waals surface area contributed by atoms with Crippen molar-refractivity contribution in [3.63, 3.8) is 0 Å². The summed E-state index contributed by atoms with van der Waals surface area (Å²) in [4.78, 5) is 4.14. The van der Waals surface area contributed by atoms with Crippen LogP contribution in [-0.2, 0) is 19.4 Å². The van der Waals surface area contributed by atoms with Crippen LogP contribution in [0.25, 0.3) is 50.0 Å². The Labute approximate surface area is 363 Å². The number of aromatic nitrogens is 1. The van der Waals surface area contributed by atoms with Gasteiger partial charge < -0.3 is 9.47 Å². The number of fused-ring (bicyclic) bond motifs is 10. The third-order valence-electron chi connectivity index (χ3n) is 13.6. The number of hydrogen-bond acceptors (Lipinski definition) is 2. The minimum absolute atomic E-state index is 0.564. The topological polar surface area (TPSA) is 8.17 Å². The SMILES string of the molecule is CC1C=Cc2c(sc3ccc4c(c23)N(C2=CC=C([Si](c3ccccc3)(c3ccccc3)c3cccc(-n5c6c(c7ccccc75)C=CCC6)c3)CC=C2)Cc2ccccc2-4)C1. The molecule has 294 valence electrons. The predicted molar refractivity (Wildman–Crippen MR) is 263 cm³/mol. The van der Waals surface area contributed by atoms with Crippen LogP contribution in [0.15, 0.2) is 193 Å². The van der Waals surface area contributed by atoms with Crippen molar-refractivity contribution in [1.82, 2.24) is 4.57 Å². The standard InChI is InChI=1S/C57H46N2SSi/c1-39-30-33-51-55(36-39)60-54-35-34-50-47-25-9-8-16-40(47)38-58(57(50)56(51)54)41-17-14-23-45(32-31-41)61(43-19-4-2-5-20-43,44-21-6-3-7-22-44)46-24-15-18-42(37-46)59-52-28-12-10-26-48(52)49-27-11-13-29-53(49)59/h2-12,14-22,24-28,30-35,37,39H,13,23,29,36,38H2,1H3. The lowest BCUT2D eigenvalue weighted by Gasteiger charge is -2.36. The molecular formula is C57H46N2SSi. The van der Waals surface area contributed by atoms with Gasteiger partial charge in [-0.25, -0.2) is 0 Å². The van der Waals surface area contributed by atoms with Crippen molar-refractivity contribution >= 4 is 73.8 Å². The fourth-order valence-corrected chi connectivity index (χ4v) is 17.2. The average Bonchev–Trinajstić information content (AvgIpc) is 3.74. The zero-order chi connectivity index (χ0) is 40.5. The Hall–Kier alpha value is -6.46. The Morgan fingerprint density at radius 2 is 1.43 bits per heavy atom. The molecule has 0 amide bonds. The van der Waals surface area contributed by atoms with E-state index in [9.17, 15) is 0 Å². The highest BCUT2D eigenvalue weighted by atomic mass is 32.1. The van der Waals surface area contributed by atoms with Gasteiger partial charge in [0.1, 0.15) is 0 Å². The molecule has 0 fully saturated rings. The van der Waals surface area contributed by atoms with E-state index in [2.05, 4.69) is 211 Å². The molecule has 4 heteroatoms. The van der Waals surface area contributed by atoms with Crippen LogP contribution in [0.4, 0.5) is 5.69 Å². The van der Waals surface area contributed by atoms with Gasteiger partial charge in [-0.05, 0) is 100 Å². The van der Waals surface area contributed by atoms with Gasteiger partial charge in [-0.15, -0.1) is 11.3 Å².